The minimum absolute atomic E-state index is 0.0653. The number of primary amides is 1. The van der Waals surface area contributed by atoms with Gasteiger partial charge in [-0.3, -0.25) is 14.4 Å². The highest BCUT2D eigenvalue weighted by Gasteiger charge is 2.41. The van der Waals surface area contributed by atoms with Gasteiger partial charge in [-0.1, -0.05) is 0 Å². The highest BCUT2D eigenvalue weighted by Crippen LogP contribution is 2.39. The van der Waals surface area contributed by atoms with Crippen LogP contribution in [0.25, 0.3) is 0 Å². The molecule has 1 aromatic heterocycles. The van der Waals surface area contributed by atoms with Crippen molar-refractivity contribution in [1.29, 1.82) is 0 Å². The molecule has 8 heteroatoms. The summed E-state index contributed by atoms with van der Waals surface area (Å²) in [5.41, 5.74) is 8.54. The SMILES string of the molecule is Cc1cc(C(N)=O)c(NC(C)C)cc1C(=O)NC1CC2[C@@H](CCCN2c2ccc(C(=O)C3CC3)cn2)C1. The predicted molar refractivity (Wildman–Crippen MR) is 144 cm³/mol. The Balaban J connectivity index is 1.29. The summed E-state index contributed by atoms with van der Waals surface area (Å²) in [6.45, 7) is 6.72. The minimum atomic E-state index is -0.517. The number of piperidine rings is 1. The van der Waals surface area contributed by atoms with Gasteiger partial charge in [0.15, 0.2) is 5.78 Å². The number of aromatic nitrogens is 1. The van der Waals surface area contributed by atoms with Crippen molar-refractivity contribution in [1.82, 2.24) is 10.3 Å². The molecule has 0 spiro atoms. The second-order valence-corrected chi connectivity index (χ2v) is 11.2. The van der Waals surface area contributed by atoms with E-state index in [2.05, 4.69) is 20.5 Å². The molecule has 2 aromatic rings. The number of rotatable bonds is 8. The third-order valence-corrected chi connectivity index (χ3v) is 7.96. The summed E-state index contributed by atoms with van der Waals surface area (Å²) in [4.78, 5) is 44.7. The van der Waals surface area contributed by atoms with Gasteiger partial charge in [-0.25, -0.2) is 4.98 Å². The quantitative estimate of drug-likeness (QED) is 0.467. The molecule has 2 unspecified atom stereocenters. The number of benzene rings is 1. The molecular formula is C29H37N5O3. The number of ketones is 1. The van der Waals surface area contributed by atoms with Crippen LogP contribution in [-0.4, -0.2) is 47.3 Å². The van der Waals surface area contributed by atoms with Gasteiger partial charge in [-0.05, 0) is 95.0 Å². The number of aryl methyl sites for hydroxylation is 1. The first-order valence-corrected chi connectivity index (χ1v) is 13.5. The van der Waals surface area contributed by atoms with E-state index in [0.717, 1.165) is 56.5 Å². The Morgan fingerprint density at radius 3 is 2.51 bits per heavy atom. The number of hydrogen-bond acceptors (Lipinski definition) is 6. The lowest BCUT2D eigenvalue weighted by Crippen LogP contribution is -2.43. The van der Waals surface area contributed by atoms with E-state index >= 15 is 0 Å². The van der Waals surface area contributed by atoms with Crippen LogP contribution in [0.15, 0.2) is 30.5 Å². The predicted octanol–water partition coefficient (Wildman–Crippen LogP) is 4.08. The van der Waals surface area contributed by atoms with Crippen molar-refractivity contribution in [2.24, 2.45) is 17.6 Å². The number of anilines is 2. The lowest BCUT2D eigenvalue weighted by atomic mass is 9.92. The van der Waals surface area contributed by atoms with Crippen molar-refractivity contribution in [3.05, 3.63) is 52.7 Å². The standard InChI is InChI=1S/C29H37N5O3/c1-16(2)32-24-14-22(17(3)11-23(24)28(30)36)29(37)33-21-12-19-5-4-10-34(25(19)13-21)26-9-8-20(15-31-26)27(35)18-6-7-18/h8-9,11,14-16,18-19,21,25,32H,4-7,10,12-13H2,1-3H3,(H2,30,36)(H,33,37)/t19-,21?,25?/m0/s1. The number of hydrogen-bond donors (Lipinski definition) is 3. The van der Waals surface area contributed by atoms with Gasteiger partial charge < -0.3 is 21.3 Å². The summed E-state index contributed by atoms with van der Waals surface area (Å²) in [6, 6.07) is 7.81. The maximum absolute atomic E-state index is 13.3. The van der Waals surface area contributed by atoms with Crippen molar-refractivity contribution in [3.8, 4) is 0 Å². The highest BCUT2D eigenvalue weighted by atomic mass is 16.2. The smallest absolute Gasteiger partial charge is 0.251 e. The maximum atomic E-state index is 13.3. The van der Waals surface area contributed by atoms with Crippen LogP contribution in [0, 0.1) is 18.8 Å². The number of pyridine rings is 1. The highest BCUT2D eigenvalue weighted by molar-refractivity contribution is 6.03. The fraction of sp³-hybridized carbons (Fsp3) is 0.517. The van der Waals surface area contributed by atoms with E-state index in [0.29, 0.717) is 34.3 Å². The van der Waals surface area contributed by atoms with E-state index in [9.17, 15) is 14.4 Å². The Labute approximate surface area is 218 Å². The molecule has 0 bridgehead atoms. The number of nitrogens with one attached hydrogen (secondary N) is 2. The monoisotopic (exact) mass is 503 g/mol. The Morgan fingerprint density at radius 1 is 1.08 bits per heavy atom. The molecule has 1 aromatic carbocycles. The summed E-state index contributed by atoms with van der Waals surface area (Å²) in [7, 11) is 0. The summed E-state index contributed by atoms with van der Waals surface area (Å²) in [6.07, 6.45) is 7.73. The third kappa shape index (κ3) is 5.33. The van der Waals surface area contributed by atoms with Gasteiger partial charge in [-0.15, -0.1) is 0 Å². The van der Waals surface area contributed by atoms with Gasteiger partial charge >= 0.3 is 0 Å². The molecule has 0 radical (unpaired) electrons. The lowest BCUT2D eigenvalue weighted by molar-refractivity contribution is 0.0933. The van der Waals surface area contributed by atoms with Crippen LogP contribution in [0.1, 0.15) is 89.0 Å². The van der Waals surface area contributed by atoms with Gasteiger partial charge in [0, 0.05) is 53.6 Å². The normalized spacial score (nSPS) is 23.0. The number of Topliss-reactive ketones (excluding diaryl/α,β-unsaturated/α-hetero) is 1. The van der Waals surface area contributed by atoms with Crippen molar-refractivity contribution >= 4 is 29.1 Å². The first-order chi connectivity index (χ1) is 17.7. The van der Waals surface area contributed by atoms with E-state index in [1.165, 1.54) is 0 Å². The molecule has 3 atom stereocenters. The molecule has 1 aliphatic heterocycles. The van der Waals surface area contributed by atoms with Crippen molar-refractivity contribution in [2.75, 3.05) is 16.8 Å². The number of carbonyl (C=O) groups excluding carboxylic acids is 3. The Bertz CT molecular complexity index is 1200. The average molecular weight is 504 g/mol. The molecule has 3 fully saturated rings. The van der Waals surface area contributed by atoms with Crippen LogP contribution in [0.2, 0.25) is 0 Å². The number of nitrogens with two attached hydrogens (primary N) is 1. The lowest BCUT2D eigenvalue weighted by Gasteiger charge is -2.38. The molecule has 2 aliphatic carbocycles. The van der Waals surface area contributed by atoms with E-state index in [1.807, 2.05) is 32.9 Å². The molecule has 1 saturated heterocycles. The molecule has 8 nitrogen and oxygen atoms in total. The summed E-state index contributed by atoms with van der Waals surface area (Å²) in [5.74, 6) is 1.17. The topological polar surface area (TPSA) is 117 Å². The Hall–Kier alpha value is -3.42. The van der Waals surface area contributed by atoms with Crippen LogP contribution in [0.4, 0.5) is 11.5 Å². The molecule has 37 heavy (non-hydrogen) atoms. The first-order valence-electron chi connectivity index (χ1n) is 13.5. The molecule has 3 aliphatic rings. The molecule has 2 amide bonds. The Morgan fingerprint density at radius 2 is 1.86 bits per heavy atom. The van der Waals surface area contributed by atoms with Crippen LogP contribution < -0.4 is 21.3 Å². The van der Waals surface area contributed by atoms with Gasteiger partial charge in [0.05, 0.1) is 5.56 Å². The Kier molecular flexibility index (Phi) is 6.92. The zero-order valence-corrected chi connectivity index (χ0v) is 21.9. The van der Waals surface area contributed by atoms with Gasteiger partial charge in [0.1, 0.15) is 5.82 Å². The fourth-order valence-corrected chi connectivity index (χ4v) is 6.02. The van der Waals surface area contributed by atoms with Gasteiger partial charge in [0.25, 0.3) is 11.8 Å². The first kappa shape index (κ1) is 25.2. The minimum Gasteiger partial charge on any atom is -0.382 e. The van der Waals surface area contributed by atoms with Crippen LogP contribution >= 0.6 is 0 Å². The molecule has 5 rings (SSSR count). The van der Waals surface area contributed by atoms with Crippen molar-refractivity contribution in [3.63, 3.8) is 0 Å². The van der Waals surface area contributed by atoms with Gasteiger partial charge in [-0.2, -0.15) is 0 Å². The number of fused-ring (bicyclic) bond motifs is 1. The molecule has 2 saturated carbocycles. The molecule has 2 heterocycles. The van der Waals surface area contributed by atoms with Crippen LogP contribution in [0.5, 0.6) is 0 Å². The van der Waals surface area contributed by atoms with Crippen LogP contribution in [0.3, 0.4) is 0 Å². The van der Waals surface area contributed by atoms with Crippen molar-refractivity contribution in [2.45, 2.75) is 77.4 Å². The molecular weight excluding hydrogens is 466 g/mol. The van der Waals surface area contributed by atoms with Crippen molar-refractivity contribution < 1.29 is 14.4 Å². The molecule has 4 N–H and O–H groups in total. The largest absolute Gasteiger partial charge is 0.382 e. The van der Waals surface area contributed by atoms with Crippen LogP contribution in [-0.2, 0) is 0 Å². The zero-order chi connectivity index (χ0) is 26.3. The zero-order valence-electron chi connectivity index (χ0n) is 21.9. The number of nitrogens with zero attached hydrogens (tertiary/aromatic N) is 2. The summed E-state index contributed by atoms with van der Waals surface area (Å²) >= 11 is 0. The second-order valence-electron chi connectivity index (χ2n) is 11.2. The van der Waals surface area contributed by atoms with E-state index in [-0.39, 0.29) is 29.7 Å². The van der Waals surface area contributed by atoms with E-state index < -0.39 is 5.91 Å². The third-order valence-electron chi connectivity index (χ3n) is 7.96. The fourth-order valence-electron chi connectivity index (χ4n) is 6.02. The number of carbonyl (C=O) groups is 3. The van der Waals surface area contributed by atoms with E-state index in [4.69, 9.17) is 5.73 Å². The second kappa shape index (κ2) is 10.1. The maximum Gasteiger partial charge on any atom is 0.251 e. The van der Waals surface area contributed by atoms with E-state index in [1.54, 1.807) is 18.3 Å². The number of amides is 2. The summed E-state index contributed by atoms with van der Waals surface area (Å²) in [5, 5.41) is 6.50. The average Bonchev–Trinajstić information content (AvgIpc) is 3.63. The summed E-state index contributed by atoms with van der Waals surface area (Å²) < 4.78 is 0. The molecule has 196 valence electrons. The van der Waals surface area contributed by atoms with Gasteiger partial charge in [0.2, 0.25) is 0 Å².